The molecule has 0 unspecified atom stereocenters. The van der Waals surface area contributed by atoms with Crippen LogP contribution < -0.4 is 21.1 Å². The molecule has 11 heteroatoms. The van der Waals surface area contributed by atoms with Crippen LogP contribution in [0.4, 0.5) is 10.5 Å². The number of alkyl carbamates (subject to hydrolysis) is 1. The van der Waals surface area contributed by atoms with E-state index in [2.05, 4.69) is 27.8 Å². The predicted octanol–water partition coefficient (Wildman–Crippen LogP) is 6.74. The molecule has 0 aliphatic heterocycles. The number of carbonyl (C=O) groups excluding carboxylic acids is 4. The van der Waals surface area contributed by atoms with Gasteiger partial charge < -0.3 is 35.6 Å². The maximum absolute atomic E-state index is 13.6. The normalized spacial score (nSPS) is 12.8. The van der Waals surface area contributed by atoms with E-state index in [9.17, 15) is 19.2 Å². The Morgan fingerprint density at radius 1 is 0.885 bits per heavy atom. The van der Waals surface area contributed by atoms with Crippen LogP contribution >= 0.6 is 0 Å². The third-order valence-electron chi connectivity index (χ3n) is 8.71. The van der Waals surface area contributed by atoms with Gasteiger partial charge in [0.05, 0.1) is 6.42 Å². The summed E-state index contributed by atoms with van der Waals surface area (Å²) >= 11 is 0. The molecule has 1 heterocycles. The van der Waals surface area contributed by atoms with Crippen molar-refractivity contribution >= 4 is 40.5 Å². The van der Waals surface area contributed by atoms with Gasteiger partial charge in [0, 0.05) is 35.1 Å². The quantitative estimate of drug-likeness (QED) is 0.0988. The third kappa shape index (κ3) is 8.79. The average Bonchev–Trinajstić information content (AvgIpc) is 3.65. The molecule has 268 valence electrons. The first-order chi connectivity index (χ1) is 24.9. The Kier molecular flexibility index (Phi) is 10.6. The lowest BCUT2D eigenvalue weighted by molar-refractivity contribution is -0.155. The summed E-state index contributed by atoms with van der Waals surface area (Å²) in [5.74, 6) is -0.985. The molecule has 4 aromatic carbocycles. The summed E-state index contributed by atoms with van der Waals surface area (Å²) in [6.07, 6.45) is 0.994. The lowest BCUT2D eigenvalue weighted by atomic mass is 9.98. The number of rotatable bonds is 13. The van der Waals surface area contributed by atoms with E-state index in [0.717, 1.165) is 44.3 Å². The van der Waals surface area contributed by atoms with Gasteiger partial charge in [-0.1, -0.05) is 60.7 Å². The second-order valence-corrected chi connectivity index (χ2v) is 13.8. The van der Waals surface area contributed by atoms with Crippen molar-refractivity contribution < 1.29 is 33.4 Å². The number of nitrogens with two attached hydrogens (primary N) is 1. The molecule has 3 amide bonds. The van der Waals surface area contributed by atoms with Crippen molar-refractivity contribution in [1.82, 2.24) is 10.3 Å². The van der Waals surface area contributed by atoms with Crippen LogP contribution in [0.25, 0.3) is 22.0 Å². The molecule has 0 bridgehead atoms. The van der Waals surface area contributed by atoms with E-state index in [4.69, 9.17) is 19.9 Å². The fourth-order valence-electron chi connectivity index (χ4n) is 6.42. The van der Waals surface area contributed by atoms with Crippen LogP contribution in [0.3, 0.4) is 0 Å². The third-order valence-corrected chi connectivity index (χ3v) is 8.71. The van der Waals surface area contributed by atoms with Gasteiger partial charge in [-0.15, -0.1) is 0 Å². The number of esters is 1. The number of carbonyl (C=O) groups is 4. The number of primary amides is 1. The molecule has 1 aliphatic carbocycles. The Morgan fingerprint density at radius 2 is 1.60 bits per heavy atom. The second-order valence-electron chi connectivity index (χ2n) is 13.8. The predicted molar refractivity (Wildman–Crippen MR) is 198 cm³/mol. The van der Waals surface area contributed by atoms with Gasteiger partial charge in [0.15, 0.2) is 0 Å². The first-order valence-corrected chi connectivity index (χ1v) is 17.2. The number of hydrogen-bond acceptors (Lipinski definition) is 7. The van der Waals surface area contributed by atoms with Crippen LogP contribution in [-0.4, -0.2) is 47.1 Å². The molecule has 0 saturated heterocycles. The molecule has 1 aliphatic rings. The van der Waals surface area contributed by atoms with E-state index in [1.54, 1.807) is 45.2 Å². The molecule has 5 aromatic rings. The fraction of sp³-hybridized carbons (Fsp3) is 0.268. The minimum absolute atomic E-state index is 0.00683. The van der Waals surface area contributed by atoms with E-state index in [-0.39, 0.29) is 38.4 Å². The maximum atomic E-state index is 13.6. The molecule has 0 fully saturated rings. The molecule has 1 atom stereocenters. The molecule has 1 aromatic heterocycles. The summed E-state index contributed by atoms with van der Waals surface area (Å²) in [7, 11) is 0. The number of fused-ring (bicyclic) bond motifs is 4. The number of H-pyrrole nitrogens is 1. The number of anilines is 1. The number of amides is 3. The minimum atomic E-state index is -1.09. The zero-order chi connectivity index (χ0) is 36.8. The Balaban J connectivity index is 1.11. The van der Waals surface area contributed by atoms with Gasteiger partial charge in [0.1, 0.15) is 30.6 Å². The van der Waals surface area contributed by atoms with Gasteiger partial charge in [0.25, 0.3) is 0 Å². The summed E-state index contributed by atoms with van der Waals surface area (Å²) in [6, 6.07) is 27.6. The highest BCUT2D eigenvalue weighted by Crippen LogP contribution is 2.44. The highest BCUT2D eigenvalue weighted by atomic mass is 16.6. The standard InChI is InChI=1S/C41H42N4O7/c1-41(2,3)52-38(47)18-17-36(45-40(49)51-24-34-31-13-6-4-11-29(31)30-12-5-7-14-32(30)34)39(48)44-27-10-8-9-25(19-27)23-50-28-15-16-35-33(21-28)26(22-43-35)20-37(42)46/h4-16,19,21-22,34,36,43H,17-18,20,23-24H2,1-3H3,(H2,42,46)(H,44,48)(H,45,49)/t36-/m0/s1. The molecular weight excluding hydrogens is 660 g/mol. The smallest absolute Gasteiger partial charge is 0.407 e. The van der Waals surface area contributed by atoms with Crippen LogP contribution in [-0.2, 0) is 36.9 Å². The van der Waals surface area contributed by atoms with Gasteiger partial charge in [-0.05, 0) is 90.9 Å². The van der Waals surface area contributed by atoms with Gasteiger partial charge >= 0.3 is 12.1 Å². The van der Waals surface area contributed by atoms with Crippen LogP contribution in [0.1, 0.15) is 61.8 Å². The van der Waals surface area contributed by atoms with Crippen molar-refractivity contribution in [3.63, 3.8) is 0 Å². The summed E-state index contributed by atoms with van der Waals surface area (Å²) < 4.78 is 17.2. The van der Waals surface area contributed by atoms with E-state index in [0.29, 0.717) is 11.4 Å². The van der Waals surface area contributed by atoms with Crippen LogP contribution in [0, 0.1) is 0 Å². The van der Waals surface area contributed by atoms with Crippen LogP contribution in [0.15, 0.2) is 97.2 Å². The summed E-state index contributed by atoms with van der Waals surface area (Å²) in [5.41, 5.74) is 11.9. The lowest BCUT2D eigenvalue weighted by Gasteiger charge is -2.22. The van der Waals surface area contributed by atoms with E-state index < -0.39 is 35.5 Å². The zero-order valence-corrected chi connectivity index (χ0v) is 29.4. The van der Waals surface area contributed by atoms with E-state index in [1.165, 1.54) is 0 Å². The maximum Gasteiger partial charge on any atom is 0.407 e. The fourth-order valence-corrected chi connectivity index (χ4v) is 6.42. The minimum Gasteiger partial charge on any atom is -0.489 e. The molecule has 0 saturated carbocycles. The first-order valence-electron chi connectivity index (χ1n) is 17.2. The number of ether oxygens (including phenoxy) is 3. The number of aromatic amines is 1. The molecule has 5 N–H and O–H groups in total. The van der Waals surface area contributed by atoms with Crippen molar-refractivity contribution in [2.24, 2.45) is 5.73 Å². The van der Waals surface area contributed by atoms with Gasteiger partial charge in [-0.25, -0.2) is 4.79 Å². The number of aromatic nitrogens is 1. The van der Waals surface area contributed by atoms with E-state index >= 15 is 0 Å². The Hall–Kier alpha value is -6.10. The summed E-state index contributed by atoms with van der Waals surface area (Å²) in [5, 5.41) is 6.39. The lowest BCUT2D eigenvalue weighted by Crippen LogP contribution is -2.44. The Morgan fingerprint density at radius 3 is 2.29 bits per heavy atom. The molecule has 0 spiro atoms. The number of hydrogen-bond donors (Lipinski definition) is 4. The van der Waals surface area contributed by atoms with Gasteiger partial charge in [0.2, 0.25) is 11.8 Å². The molecule has 11 nitrogen and oxygen atoms in total. The highest BCUT2D eigenvalue weighted by Gasteiger charge is 2.30. The van der Waals surface area contributed by atoms with Gasteiger partial charge in [-0.3, -0.25) is 14.4 Å². The number of nitrogens with one attached hydrogen (secondary N) is 3. The Labute approximate surface area is 301 Å². The summed E-state index contributed by atoms with van der Waals surface area (Å²) in [6.45, 7) is 5.57. The monoisotopic (exact) mass is 702 g/mol. The second kappa shape index (κ2) is 15.4. The average molecular weight is 703 g/mol. The molecule has 0 radical (unpaired) electrons. The largest absolute Gasteiger partial charge is 0.489 e. The highest BCUT2D eigenvalue weighted by molar-refractivity contribution is 5.97. The van der Waals surface area contributed by atoms with Crippen molar-refractivity contribution in [3.05, 3.63) is 119 Å². The van der Waals surface area contributed by atoms with Crippen molar-refractivity contribution in [3.8, 4) is 16.9 Å². The van der Waals surface area contributed by atoms with Crippen molar-refractivity contribution in [2.75, 3.05) is 11.9 Å². The summed E-state index contributed by atoms with van der Waals surface area (Å²) in [4.78, 5) is 54.0. The van der Waals surface area contributed by atoms with Crippen LogP contribution in [0.2, 0.25) is 0 Å². The zero-order valence-electron chi connectivity index (χ0n) is 29.4. The van der Waals surface area contributed by atoms with E-state index in [1.807, 2.05) is 60.7 Å². The Bertz CT molecular complexity index is 2070. The van der Waals surface area contributed by atoms with Crippen molar-refractivity contribution in [2.45, 2.75) is 64.2 Å². The molecule has 52 heavy (non-hydrogen) atoms. The van der Waals surface area contributed by atoms with Crippen LogP contribution in [0.5, 0.6) is 5.75 Å². The first kappa shape index (κ1) is 35.7. The topological polar surface area (TPSA) is 162 Å². The number of benzene rings is 4. The molecular formula is C41H42N4O7. The SMILES string of the molecule is CC(C)(C)OC(=O)CC[C@H](NC(=O)OCC1c2ccccc2-c2ccccc21)C(=O)Nc1cccc(COc2ccc3[nH]cc(CC(N)=O)c3c2)c1. The van der Waals surface area contributed by atoms with Gasteiger partial charge in [-0.2, -0.15) is 0 Å². The van der Waals surface area contributed by atoms with Crippen molar-refractivity contribution in [1.29, 1.82) is 0 Å². The molecule has 6 rings (SSSR count).